The number of benzene rings is 1. The number of thiophene rings is 1. The van der Waals surface area contributed by atoms with E-state index >= 15 is 0 Å². The number of aromatic amines is 1. The van der Waals surface area contributed by atoms with Crippen molar-refractivity contribution < 1.29 is 14.7 Å². The van der Waals surface area contributed by atoms with Crippen LogP contribution in [0.2, 0.25) is 0 Å². The maximum absolute atomic E-state index is 12.9. The summed E-state index contributed by atoms with van der Waals surface area (Å²) in [5.74, 6) is 0.0827. The molecule has 1 unspecified atom stereocenters. The summed E-state index contributed by atoms with van der Waals surface area (Å²) in [5, 5.41) is 24.0. The van der Waals surface area contributed by atoms with Gasteiger partial charge in [0, 0.05) is 28.9 Å². The summed E-state index contributed by atoms with van der Waals surface area (Å²) in [4.78, 5) is 22.5. The average molecular weight is 370 g/mol. The van der Waals surface area contributed by atoms with Crippen LogP contribution < -0.4 is 10.6 Å². The van der Waals surface area contributed by atoms with E-state index < -0.39 is 0 Å². The van der Waals surface area contributed by atoms with E-state index in [-0.39, 0.29) is 24.3 Å². The van der Waals surface area contributed by atoms with Crippen LogP contribution >= 0.6 is 11.3 Å². The summed E-state index contributed by atoms with van der Waals surface area (Å²) >= 11 is 1.70. The smallest absolute Gasteiger partial charge is 0.290 e. The highest BCUT2D eigenvalue weighted by atomic mass is 32.1. The predicted molar refractivity (Wildman–Crippen MR) is 99.5 cm³/mol. The van der Waals surface area contributed by atoms with E-state index in [0.717, 1.165) is 29.4 Å². The van der Waals surface area contributed by atoms with Gasteiger partial charge in [-0.1, -0.05) is 12.1 Å². The SMILES string of the molecule is O=C(c1n[nH]c2ccc(-c3cccs3)cc12)C1N[C@@H]2CN[C@@H]1C2.O=CO. The first-order chi connectivity index (χ1) is 12.7. The normalized spacial score (nSPS) is 23.6. The largest absolute Gasteiger partial charge is 0.483 e. The van der Waals surface area contributed by atoms with Crippen molar-refractivity contribution in [2.24, 2.45) is 0 Å². The van der Waals surface area contributed by atoms with Crippen LogP contribution in [0.25, 0.3) is 21.3 Å². The molecule has 0 aliphatic carbocycles. The molecular weight excluding hydrogens is 352 g/mol. The van der Waals surface area contributed by atoms with Gasteiger partial charge >= 0.3 is 0 Å². The number of nitrogens with zero attached hydrogens (tertiary/aromatic N) is 1. The Morgan fingerprint density at radius 2 is 2.19 bits per heavy atom. The standard InChI is InChI=1S/C17H16N4OS.CH2O2/c22-17(16-13-7-10(19-16)8-18-13)15-11-6-9(14-2-1-5-23-14)3-4-12(11)20-21-15;2-1-3/h1-6,10,13,16,18-19H,7-8H2,(H,20,21);1H,(H,2,3)/t10-,13+,16?;/m0./s1. The van der Waals surface area contributed by atoms with E-state index in [1.165, 1.54) is 4.88 Å². The Morgan fingerprint density at radius 1 is 1.35 bits per heavy atom. The van der Waals surface area contributed by atoms with Crippen LogP contribution in [0.1, 0.15) is 16.9 Å². The molecule has 0 amide bonds. The molecule has 2 aromatic heterocycles. The average Bonchev–Trinajstić information content (AvgIpc) is 3.45. The molecular formula is C18H18N4O3S. The third kappa shape index (κ3) is 2.92. The van der Waals surface area contributed by atoms with Crippen molar-refractivity contribution >= 4 is 34.5 Å². The highest BCUT2D eigenvalue weighted by Gasteiger charge is 2.43. The molecule has 0 radical (unpaired) electrons. The number of hydrogen-bond acceptors (Lipinski definition) is 6. The molecule has 5 rings (SSSR count). The van der Waals surface area contributed by atoms with Crippen molar-refractivity contribution in [2.45, 2.75) is 24.5 Å². The fourth-order valence-corrected chi connectivity index (χ4v) is 4.45. The number of carboxylic acid groups (broad SMARTS) is 1. The van der Waals surface area contributed by atoms with Gasteiger partial charge in [-0.2, -0.15) is 5.10 Å². The third-order valence-corrected chi connectivity index (χ3v) is 5.79. The topological polar surface area (TPSA) is 107 Å². The van der Waals surface area contributed by atoms with Gasteiger partial charge in [-0.05, 0) is 35.6 Å². The Bertz CT molecular complexity index is 937. The van der Waals surface area contributed by atoms with E-state index in [1.807, 2.05) is 12.1 Å². The van der Waals surface area contributed by atoms with Gasteiger partial charge in [0.2, 0.25) is 5.78 Å². The first-order valence-electron chi connectivity index (χ1n) is 8.34. The third-order valence-electron chi connectivity index (χ3n) is 4.87. The molecule has 4 N–H and O–H groups in total. The van der Waals surface area contributed by atoms with Crippen LogP contribution in [0.4, 0.5) is 0 Å². The number of aromatic nitrogens is 2. The van der Waals surface area contributed by atoms with Crippen LogP contribution in [0, 0.1) is 0 Å². The number of carbonyl (C=O) groups is 2. The number of fused-ring (bicyclic) bond motifs is 3. The molecule has 2 saturated heterocycles. The Balaban J connectivity index is 0.000000527. The maximum Gasteiger partial charge on any atom is 0.290 e. The number of hydrogen-bond donors (Lipinski definition) is 4. The molecule has 2 bridgehead atoms. The van der Waals surface area contributed by atoms with Crippen LogP contribution in [0.15, 0.2) is 35.7 Å². The van der Waals surface area contributed by atoms with Crippen LogP contribution in [0.3, 0.4) is 0 Å². The lowest BCUT2D eigenvalue weighted by Gasteiger charge is -2.22. The van der Waals surface area contributed by atoms with E-state index in [0.29, 0.717) is 11.7 Å². The first kappa shape index (κ1) is 16.9. The Morgan fingerprint density at radius 3 is 2.85 bits per heavy atom. The van der Waals surface area contributed by atoms with Gasteiger partial charge < -0.3 is 15.7 Å². The number of nitrogens with one attached hydrogen (secondary N) is 3. The fourth-order valence-electron chi connectivity index (χ4n) is 3.72. The molecule has 134 valence electrons. The molecule has 3 aromatic rings. The number of ketones is 1. The zero-order valence-electron chi connectivity index (χ0n) is 13.8. The molecule has 4 heterocycles. The first-order valence-corrected chi connectivity index (χ1v) is 9.22. The van der Waals surface area contributed by atoms with Crippen molar-refractivity contribution in [3.05, 3.63) is 41.4 Å². The number of carbonyl (C=O) groups excluding carboxylic acids is 1. The molecule has 0 spiro atoms. The molecule has 8 heteroatoms. The highest BCUT2D eigenvalue weighted by molar-refractivity contribution is 7.13. The summed E-state index contributed by atoms with van der Waals surface area (Å²) in [6.45, 7) is 0.707. The Hall–Kier alpha value is -2.55. The summed E-state index contributed by atoms with van der Waals surface area (Å²) in [6, 6.07) is 10.8. The summed E-state index contributed by atoms with van der Waals surface area (Å²) in [7, 11) is 0. The predicted octanol–water partition coefficient (Wildman–Crippen LogP) is 1.88. The van der Waals surface area contributed by atoms with Crippen LogP contribution in [-0.2, 0) is 4.79 Å². The maximum atomic E-state index is 12.9. The van der Waals surface area contributed by atoms with Crippen LogP contribution in [0.5, 0.6) is 0 Å². The Labute approximate surface area is 153 Å². The minimum absolute atomic E-state index is 0.0827. The number of rotatable bonds is 3. The van der Waals surface area contributed by atoms with E-state index in [9.17, 15) is 4.79 Å². The molecule has 26 heavy (non-hydrogen) atoms. The molecule has 2 fully saturated rings. The number of Topliss-reactive ketones (excluding diaryl/α,β-unsaturated/α-hetero) is 1. The minimum atomic E-state index is -0.250. The van der Waals surface area contributed by atoms with Gasteiger partial charge in [0.15, 0.2) is 0 Å². The van der Waals surface area contributed by atoms with E-state index in [4.69, 9.17) is 9.90 Å². The molecule has 2 aliphatic heterocycles. The molecule has 7 nitrogen and oxygen atoms in total. The highest BCUT2D eigenvalue weighted by Crippen LogP contribution is 2.30. The number of piperazine rings is 1. The molecule has 3 atom stereocenters. The zero-order valence-corrected chi connectivity index (χ0v) is 14.6. The quantitative estimate of drug-likeness (QED) is 0.414. The van der Waals surface area contributed by atoms with Crippen molar-refractivity contribution in [3.63, 3.8) is 0 Å². The van der Waals surface area contributed by atoms with Crippen molar-refractivity contribution in [1.82, 2.24) is 20.8 Å². The second kappa shape index (κ2) is 6.99. The van der Waals surface area contributed by atoms with Crippen molar-refractivity contribution in [3.8, 4) is 10.4 Å². The summed E-state index contributed by atoms with van der Waals surface area (Å²) in [6.07, 6.45) is 1.03. The second-order valence-corrected chi connectivity index (χ2v) is 7.32. The van der Waals surface area contributed by atoms with Crippen LogP contribution in [-0.4, -0.2) is 52.2 Å². The zero-order chi connectivity index (χ0) is 18.1. The van der Waals surface area contributed by atoms with Gasteiger partial charge in [0.1, 0.15) is 5.69 Å². The molecule has 2 aliphatic rings. The lowest BCUT2D eigenvalue weighted by Crippen LogP contribution is -2.52. The number of H-pyrrole nitrogens is 1. The minimum Gasteiger partial charge on any atom is -0.483 e. The fraction of sp³-hybridized carbons (Fsp3) is 0.278. The van der Waals surface area contributed by atoms with Gasteiger partial charge in [0.05, 0.1) is 11.6 Å². The lowest BCUT2D eigenvalue weighted by molar-refractivity contribution is -0.122. The van der Waals surface area contributed by atoms with E-state index in [1.54, 1.807) is 11.3 Å². The van der Waals surface area contributed by atoms with Gasteiger partial charge in [-0.15, -0.1) is 11.3 Å². The van der Waals surface area contributed by atoms with Crippen molar-refractivity contribution in [1.29, 1.82) is 0 Å². The summed E-state index contributed by atoms with van der Waals surface area (Å²) < 4.78 is 0. The van der Waals surface area contributed by atoms with Crippen molar-refractivity contribution in [2.75, 3.05) is 6.54 Å². The lowest BCUT2D eigenvalue weighted by atomic mass is 10.0. The molecule has 1 aromatic carbocycles. The Kier molecular flexibility index (Phi) is 4.54. The summed E-state index contributed by atoms with van der Waals surface area (Å²) in [5.41, 5.74) is 2.58. The van der Waals surface area contributed by atoms with Gasteiger partial charge in [-0.3, -0.25) is 14.7 Å². The second-order valence-electron chi connectivity index (χ2n) is 6.37. The van der Waals surface area contributed by atoms with Gasteiger partial charge in [-0.25, -0.2) is 0 Å². The van der Waals surface area contributed by atoms with E-state index in [2.05, 4.69) is 44.4 Å². The van der Waals surface area contributed by atoms with Gasteiger partial charge in [0.25, 0.3) is 6.47 Å². The molecule has 0 saturated carbocycles. The monoisotopic (exact) mass is 370 g/mol.